The molecule has 1 saturated carbocycles. The van der Waals surface area contributed by atoms with E-state index in [2.05, 4.69) is 5.32 Å². The van der Waals surface area contributed by atoms with Crippen molar-refractivity contribution in [1.29, 1.82) is 0 Å². The van der Waals surface area contributed by atoms with Gasteiger partial charge in [-0.2, -0.15) is 0 Å². The van der Waals surface area contributed by atoms with Gasteiger partial charge in [0.2, 0.25) is 5.91 Å². The number of fused-ring (bicyclic) bond motifs is 1. The molecule has 0 aromatic heterocycles. The highest BCUT2D eigenvalue weighted by Gasteiger charge is 2.33. The number of hydrogen-bond acceptors (Lipinski definition) is 2. The van der Waals surface area contributed by atoms with Gasteiger partial charge in [-0.05, 0) is 36.1 Å². The quantitative estimate of drug-likeness (QED) is 0.887. The maximum Gasteiger partial charge on any atom is 0.232 e. The van der Waals surface area contributed by atoms with Gasteiger partial charge in [0, 0.05) is 5.69 Å². The Balaban J connectivity index is 1.84. The number of nitrogens with one attached hydrogen (secondary N) is 1. The highest BCUT2D eigenvalue weighted by atomic mass is 16.5. The van der Waals surface area contributed by atoms with Crippen LogP contribution in [0.3, 0.4) is 0 Å². The molecule has 1 N–H and O–H groups in total. The fraction of sp³-hybridized carbons (Fsp3) is 0.533. The van der Waals surface area contributed by atoms with Crippen LogP contribution < -0.4 is 10.1 Å². The van der Waals surface area contributed by atoms with Crippen molar-refractivity contribution in [1.82, 2.24) is 0 Å². The molecule has 1 aromatic carbocycles. The van der Waals surface area contributed by atoms with Crippen LogP contribution >= 0.6 is 0 Å². The number of ether oxygens (including phenoxy) is 1. The Bertz CT molecular complexity index is 464. The van der Waals surface area contributed by atoms with Gasteiger partial charge in [-0.25, -0.2) is 0 Å². The van der Waals surface area contributed by atoms with E-state index in [1.54, 1.807) is 7.11 Å². The summed E-state index contributed by atoms with van der Waals surface area (Å²) in [6.45, 7) is 0. The summed E-state index contributed by atoms with van der Waals surface area (Å²) in [7, 11) is 1.66. The summed E-state index contributed by atoms with van der Waals surface area (Å²) >= 11 is 0. The summed E-state index contributed by atoms with van der Waals surface area (Å²) in [5, 5.41) is 2.98. The zero-order chi connectivity index (χ0) is 12.5. The molecule has 1 unspecified atom stereocenters. The Labute approximate surface area is 108 Å². The van der Waals surface area contributed by atoms with Crippen LogP contribution in [-0.2, 0) is 4.79 Å². The lowest BCUT2D eigenvalue weighted by Crippen LogP contribution is -2.14. The first-order valence-electron chi connectivity index (χ1n) is 6.76. The number of rotatable bonds is 3. The van der Waals surface area contributed by atoms with E-state index in [9.17, 15) is 4.79 Å². The van der Waals surface area contributed by atoms with Gasteiger partial charge >= 0.3 is 0 Å². The summed E-state index contributed by atoms with van der Waals surface area (Å²) in [6.07, 6.45) is 6.20. The van der Waals surface area contributed by atoms with Crippen LogP contribution in [0.2, 0.25) is 0 Å². The summed E-state index contributed by atoms with van der Waals surface area (Å²) < 4.78 is 5.25. The average molecular weight is 245 g/mol. The Kier molecular flexibility index (Phi) is 2.98. The Morgan fingerprint density at radius 3 is 2.83 bits per heavy atom. The van der Waals surface area contributed by atoms with Crippen LogP contribution in [0.15, 0.2) is 18.2 Å². The summed E-state index contributed by atoms with van der Waals surface area (Å²) in [5.74, 6) is 1.74. The van der Waals surface area contributed by atoms with Crippen molar-refractivity contribution in [3.05, 3.63) is 23.8 Å². The van der Waals surface area contributed by atoms with E-state index in [-0.39, 0.29) is 11.8 Å². The standard InChI is InChI=1S/C15H19NO2/c1-18-11-6-7-14-12(9-11)13(15(17)16-14)8-10-4-2-3-5-10/h6-7,9-10,13H,2-5,8H2,1H3,(H,16,17). The minimum absolute atomic E-state index is 0.0261. The largest absolute Gasteiger partial charge is 0.497 e. The van der Waals surface area contributed by atoms with Crippen LogP contribution in [0.25, 0.3) is 0 Å². The molecular formula is C15H19NO2. The van der Waals surface area contributed by atoms with E-state index in [4.69, 9.17) is 4.74 Å². The topological polar surface area (TPSA) is 38.3 Å². The Morgan fingerprint density at radius 2 is 2.11 bits per heavy atom. The van der Waals surface area contributed by atoms with Crippen molar-refractivity contribution in [2.24, 2.45) is 5.92 Å². The van der Waals surface area contributed by atoms with Crippen LogP contribution in [0, 0.1) is 5.92 Å². The smallest absolute Gasteiger partial charge is 0.232 e. The molecule has 0 radical (unpaired) electrons. The van der Waals surface area contributed by atoms with Crippen molar-refractivity contribution in [3.63, 3.8) is 0 Å². The molecule has 1 aromatic rings. The zero-order valence-corrected chi connectivity index (χ0v) is 10.7. The maximum absolute atomic E-state index is 12.1. The van der Waals surface area contributed by atoms with Gasteiger partial charge < -0.3 is 10.1 Å². The van der Waals surface area contributed by atoms with Crippen LogP contribution in [-0.4, -0.2) is 13.0 Å². The lowest BCUT2D eigenvalue weighted by molar-refractivity contribution is -0.117. The molecule has 1 atom stereocenters. The number of amides is 1. The normalized spacial score (nSPS) is 22.9. The first-order chi connectivity index (χ1) is 8.78. The van der Waals surface area contributed by atoms with Crippen molar-refractivity contribution in [2.45, 2.75) is 38.0 Å². The highest BCUT2D eigenvalue weighted by Crippen LogP contribution is 2.41. The molecule has 96 valence electrons. The lowest BCUT2D eigenvalue weighted by Gasteiger charge is -2.14. The molecule has 1 fully saturated rings. The number of methoxy groups -OCH3 is 1. The second-order valence-corrected chi connectivity index (χ2v) is 5.38. The van der Waals surface area contributed by atoms with Gasteiger partial charge in [-0.3, -0.25) is 4.79 Å². The van der Waals surface area contributed by atoms with Crippen molar-refractivity contribution < 1.29 is 9.53 Å². The highest BCUT2D eigenvalue weighted by molar-refractivity contribution is 6.03. The minimum atomic E-state index is 0.0261. The van der Waals surface area contributed by atoms with Crippen LogP contribution in [0.5, 0.6) is 5.75 Å². The summed E-state index contributed by atoms with van der Waals surface area (Å²) in [5.41, 5.74) is 2.08. The second-order valence-electron chi connectivity index (χ2n) is 5.38. The molecule has 3 heteroatoms. The fourth-order valence-corrected chi connectivity index (χ4v) is 3.24. The van der Waals surface area contributed by atoms with E-state index >= 15 is 0 Å². The number of carbonyl (C=O) groups excluding carboxylic acids is 1. The van der Waals surface area contributed by atoms with E-state index in [0.29, 0.717) is 0 Å². The van der Waals surface area contributed by atoms with Crippen LogP contribution in [0.1, 0.15) is 43.6 Å². The summed E-state index contributed by atoms with van der Waals surface area (Å²) in [6, 6.07) is 5.85. The Hall–Kier alpha value is -1.51. The molecule has 1 aliphatic carbocycles. The van der Waals surface area contributed by atoms with E-state index in [0.717, 1.165) is 29.3 Å². The zero-order valence-electron chi connectivity index (χ0n) is 10.7. The molecule has 0 spiro atoms. The molecule has 0 saturated heterocycles. The predicted molar refractivity (Wildman–Crippen MR) is 70.9 cm³/mol. The number of benzene rings is 1. The molecular weight excluding hydrogens is 226 g/mol. The van der Waals surface area contributed by atoms with E-state index < -0.39 is 0 Å². The fourth-order valence-electron chi connectivity index (χ4n) is 3.24. The second kappa shape index (κ2) is 4.63. The van der Waals surface area contributed by atoms with Gasteiger partial charge in [0.1, 0.15) is 5.75 Å². The SMILES string of the molecule is COc1ccc2c(c1)C(CC1CCCC1)C(=O)N2. The molecule has 3 rings (SSSR count). The van der Waals surface area contributed by atoms with Gasteiger partial charge in [0.05, 0.1) is 13.0 Å². The molecule has 1 amide bonds. The van der Waals surface area contributed by atoms with Gasteiger partial charge in [0.15, 0.2) is 0 Å². The maximum atomic E-state index is 12.1. The monoisotopic (exact) mass is 245 g/mol. The third-order valence-corrected chi connectivity index (χ3v) is 4.25. The van der Waals surface area contributed by atoms with Gasteiger partial charge in [-0.15, -0.1) is 0 Å². The van der Waals surface area contributed by atoms with Crippen molar-refractivity contribution in [3.8, 4) is 5.75 Å². The average Bonchev–Trinajstić information content (AvgIpc) is 2.99. The number of carbonyl (C=O) groups is 1. The number of anilines is 1. The Morgan fingerprint density at radius 1 is 1.33 bits per heavy atom. The molecule has 18 heavy (non-hydrogen) atoms. The van der Waals surface area contributed by atoms with E-state index in [1.165, 1.54) is 25.7 Å². The molecule has 1 heterocycles. The molecule has 1 aliphatic heterocycles. The predicted octanol–water partition coefficient (Wildman–Crippen LogP) is 3.31. The third-order valence-electron chi connectivity index (χ3n) is 4.25. The molecule has 3 nitrogen and oxygen atoms in total. The molecule has 2 aliphatic rings. The number of hydrogen-bond donors (Lipinski definition) is 1. The van der Waals surface area contributed by atoms with Crippen molar-refractivity contribution in [2.75, 3.05) is 12.4 Å². The van der Waals surface area contributed by atoms with Crippen molar-refractivity contribution >= 4 is 11.6 Å². The minimum Gasteiger partial charge on any atom is -0.497 e. The van der Waals surface area contributed by atoms with E-state index in [1.807, 2.05) is 18.2 Å². The third kappa shape index (κ3) is 1.98. The van der Waals surface area contributed by atoms with Crippen LogP contribution in [0.4, 0.5) is 5.69 Å². The first-order valence-corrected chi connectivity index (χ1v) is 6.76. The summed E-state index contributed by atoms with van der Waals surface area (Å²) in [4.78, 5) is 12.1. The van der Waals surface area contributed by atoms with Gasteiger partial charge in [-0.1, -0.05) is 25.7 Å². The van der Waals surface area contributed by atoms with Gasteiger partial charge in [0.25, 0.3) is 0 Å². The first kappa shape index (κ1) is 11.6. The molecule has 0 bridgehead atoms. The lowest BCUT2D eigenvalue weighted by atomic mass is 9.89.